The largest absolute Gasteiger partial charge is 0.464 e. The van der Waals surface area contributed by atoms with Gasteiger partial charge in [0.2, 0.25) is 0 Å². The molecule has 0 radical (unpaired) electrons. The molecule has 0 amide bonds. The predicted molar refractivity (Wildman–Crippen MR) is 51.8 cm³/mol. The zero-order valence-corrected chi connectivity index (χ0v) is 8.39. The molecule has 0 bridgehead atoms. The molecule has 6 nitrogen and oxygen atoms in total. The molecule has 78 valence electrons. The molecule has 0 atom stereocenters. The lowest BCUT2D eigenvalue weighted by molar-refractivity contribution is 0.0592. The van der Waals surface area contributed by atoms with E-state index in [1.807, 2.05) is 0 Å². The number of aryl methyl sites for hydroxylation is 1. The van der Waals surface area contributed by atoms with Crippen molar-refractivity contribution >= 4 is 5.97 Å². The van der Waals surface area contributed by atoms with Crippen molar-refractivity contribution in [3.05, 3.63) is 29.8 Å². The van der Waals surface area contributed by atoms with Crippen molar-refractivity contribution in [2.75, 3.05) is 7.11 Å². The third-order valence-corrected chi connectivity index (χ3v) is 2.02. The number of hydrogen-bond donors (Lipinski definition) is 1. The lowest BCUT2D eigenvalue weighted by Gasteiger charge is -1.94. The number of esters is 1. The van der Waals surface area contributed by atoms with E-state index in [2.05, 4.69) is 20.0 Å². The Labute approximate surface area is 85.9 Å². The van der Waals surface area contributed by atoms with E-state index in [4.69, 9.17) is 0 Å². The van der Waals surface area contributed by atoms with E-state index in [0.29, 0.717) is 5.69 Å². The Hall–Kier alpha value is -2.11. The summed E-state index contributed by atoms with van der Waals surface area (Å²) in [5.74, 6) is -0.435. The number of aromatic amines is 1. The summed E-state index contributed by atoms with van der Waals surface area (Å²) in [5.41, 5.74) is 1.86. The van der Waals surface area contributed by atoms with Crippen LogP contribution in [0.4, 0.5) is 0 Å². The second-order valence-electron chi connectivity index (χ2n) is 3.05. The van der Waals surface area contributed by atoms with Crippen molar-refractivity contribution in [2.45, 2.75) is 6.92 Å². The third-order valence-electron chi connectivity index (χ3n) is 2.02. The number of nitrogens with zero attached hydrogens (tertiary/aromatic N) is 3. The number of hydrogen-bond acceptors (Lipinski definition) is 4. The van der Waals surface area contributed by atoms with Gasteiger partial charge in [-0.05, 0) is 6.92 Å². The van der Waals surface area contributed by atoms with Gasteiger partial charge in [0.25, 0.3) is 0 Å². The maximum atomic E-state index is 11.3. The minimum atomic E-state index is -0.435. The molecule has 1 N–H and O–H groups in total. The van der Waals surface area contributed by atoms with E-state index in [1.54, 1.807) is 30.2 Å². The lowest BCUT2D eigenvalue weighted by atomic mass is 10.3. The standard InChI is InChI=1S/C9H10N4O2/c1-6-5-13(7-3-10-11-4-7)12-8(6)9(14)15-2/h3-5H,1-2H3,(H,10,11). The number of aromatic nitrogens is 4. The summed E-state index contributed by atoms with van der Waals surface area (Å²) in [6.45, 7) is 1.80. The summed E-state index contributed by atoms with van der Waals surface area (Å²) in [7, 11) is 1.33. The summed E-state index contributed by atoms with van der Waals surface area (Å²) in [6, 6.07) is 0. The predicted octanol–water partition coefficient (Wildman–Crippen LogP) is 0.690. The Kier molecular flexibility index (Phi) is 2.24. The van der Waals surface area contributed by atoms with E-state index < -0.39 is 5.97 Å². The highest BCUT2D eigenvalue weighted by molar-refractivity contribution is 5.88. The lowest BCUT2D eigenvalue weighted by Crippen LogP contribution is -2.04. The molecule has 2 heterocycles. The van der Waals surface area contributed by atoms with Gasteiger partial charge >= 0.3 is 5.97 Å². The minimum absolute atomic E-state index is 0.318. The topological polar surface area (TPSA) is 72.8 Å². The molecule has 0 spiro atoms. The van der Waals surface area contributed by atoms with Crippen LogP contribution >= 0.6 is 0 Å². The highest BCUT2D eigenvalue weighted by atomic mass is 16.5. The van der Waals surface area contributed by atoms with Gasteiger partial charge in [-0.3, -0.25) is 5.10 Å². The van der Waals surface area contributed by atoms with Gasteiger partial charge in [0.1, 0.15) is 5.69 Å². The molecule has 0 aromatic carbocycles. The fourth-order valence-corrected chi connectivity index (χ4v) is 1.26. The smallest absolute Gasteiger partial charge is 0.358 e. The maximum absolute atomic E-state index is 11.3. The molecule has 0 fully saturated rings. The van der Waals surface area contributed by atoms with Crippen LogP contribution in [0.5, 0.6) is 0 Å². The van der Waals surface area contributed by atoms with Crippen LogP contribution < -0.4 is 0 Å². The van der Waals surface area contributed by atoms with Gasteiger partial charge in [-0.1, -0.05) is 0 Å². The number of methoxy groups -OCH3 is 1. The molecule has 0 aliphatic heterocycles. The van der Waals surface area contributed by atoms with Gasteiger partial charge in [0.05, 0.1) is 13.3 Å². The average Bonchev–Trinajstić information content (AvgIpc) is 2.84. The Bertz CT molecular complexity index is 472. The van der Waals surface area contributed by atoms with Crippen LogP contribution in [0.3, 0.4) is 0 Å². The van der Waals surface area contributed by atoms with Crippen LogP contribution in [0.25, 0.3) is 5.69 Å². The fraction of sp³-hybridized carbons (Fsp3) is 0.222. The Morgan fingerprint density at radius 3 is 3.00 bits per heavy atom. The summed E-state index contributed by atoms with van der Waals surface area (Å²) in [4.78, 5) is 11.3. The number of carbonyl (C=O) groups excluding carboxylic acids is 1. The van der Waals surface area contributed by atoms with E-state index in [-0.39, 0.29) is 0 Å². The normalized spacial score (nSPS) is 10.3. The molecule has 0 unspecified atom stereocenters. The molecular weight excluding hydrogens is 196 g/mol. The van der Waals surface area contributed by atoms with Crippen molar-refractivity contribution in [1.29, 1.82) is 0 Å². The second-order valence-corrected chi connectivity index (χ2v) is 3.05. The quantitative estimate of drug-likeness (QED) is 0.734. The molecule has 0 aliphatic rings. The first-order chi connectivity index (χ1) is 7.22. The minimum Gasteiger partial charge on any atom is -0.464 e. The molecule has 0 saturated heterocycles. The van der Waals surface area contributed by atoms with Crippen molar-refractivity contribution in [1.82, 2.24) is 20.0 Å². The number of H-pyrrole nitrogens is 1. The molecule has 2 rings (SSSR count). The van der Waals surface area contributed by atoms with Crippen LogP contribution in [0.2, 0.25) is 0 Å². The van der Waals surface area contributed by atoms with Crippen molar-refractivity contribution in [2.24, 2.45) is 0 Å². The molecule has 15 heavy (non-hydrogen) atoms. The van der Waals surface area contributed by atoms with Crippen LogP contribution in [0.15, 0.2) is 18.6 Å². The van der Waals surface area contributed by atoms with Crippen LogP contribution in [0, 0.1) is 6.92 Å². The Morgan fingerprint density at radius 1 is 1.60 bits per heavy atom. The highest BCUT2D eigenvalue weighted by Crippen LogP contribution is 2.10. The van der Waals surface area contributed by atoms with Crippen molar-refractivity contribution in [3.8, 4) is 5.69 Å². The van der Waals surface area contributed by atoms with Gasteiger partial charge in [-0.2, -0.15) is 10.2 Å². The van der Waals surface area contributed by atoms with Gasteiger partial charge in [-0.25, -0.2) is 9.48 Å². The number of ether oxygens (including phenoxy) is 1. The first kappa shape index (κ1) is 9.45. The zero-order valence-electron chi connectivity index (χ0n) is 8.39. The summed E-state index contributed by atoms with van der Waals surface area (Å²) >= 11 is 0. The van der Waals surface area contributed by atoms with Crippen molar-refractivity contribution < 1.29 is 9.53 Å². The first-order valence-electron chi connectivity index (χ1n) is 4.36. The van der Waals surface area contributed by atoms with Crippen molar-refractivity contribution in [3.63, 3.8) is 0 Å². The molecule has 6 heteroatoms. The Balaban J connectivity index is 2.41. The monoisotopic (exact) mass is 206 g/mol. The van der Waals surface area contributed by atoms with Gasteiger partial charge < -0.3 is 4.74 Å². The zero-order chi connectivity index (χ0) is 10.8. The molecule has 0 saturated carbocycles. The number of nitrogens with one attached hydrogen (secondary N) is 1. The summed E-state index contributed by atoms with van der Waals surface area (Å²) in [6.07, 6.45) is 5.05. The number of rotatable bonds is 2. The molecule has 2 aromatic rings. The third kappa shape index (κ3) is 1.61. The molecule has 2 aromatic heterocycles. The molecule has 0 aliphatic carbocycles. The maximum Gasteiger partial charge on any atom is 0.358 e. The second kappa shape index (κ2) is 3.56. The summed E-state index contributed by atoms with van der Waals surface area (Å²) < 4.78 is 6.18. The van der Waals surface area contributed by atoms with E-state index >= 15 is 0 Å². The molecular formula is C9H10N4O2. The van der Waals surface area contributed by atoms with E-state index in [9.17, 15) is 4.79 Å². The Morgan fingerprint density at radius 2 is 2.40 bits per heavy atom. The van der Waals surface area contributed by atoms with Crippen LogP contribution in [-0.2, 0) is 4.74 Å². The van der Waals surface area contributed by atoms with Crippen LogP contribution in [0.1, 0.15) is 16.1 Å². The number of carbonyl (C=O) groups is 1. The first-order valence-corrected chi connectivity index (χ1v) is 4.36. The van der Waals surface area contributed by atoms with E-state index in [0.717, 1.165) is 11.3 Å². The highest BCUT2D eigenvalue weighted by Gasteiger charge is 2.14. The van der Waals surface area contributed by atoms with Gasteiger partial charge in [-0.15, -0.1) is 0 Å². The van der Waals surface area contributed by atoms with Crippen LogP contribution in [-0.4, -0.2) is 33.1 Å². The average molecular weight is 206 g/mol. The van der Waals surface area contributed by atoms with Gasteiger partial charge in [0, 0.05) is 18.0 Å². The van der Waals surface area contributed by atoms with Gasteiger partial charge in [0.15, 0.2) is 5.69 Å². The van der Waals surface area contributed by atoms with E-state index in [1.165, 1.54) is 7.11 Å². The summed E-state index contributed by atoms with van der Waals surface area (Å²) in [5, 5.41) is 10.6. The fourth-order valence-electron chi connectivity index (χ4n) is 1.26. The SMILES string of the molecule is COC(=O)c1nn(-c2cn[nH]c2)cc1C.